The third-order valence-electron chi connectivity index (χ3n) is 2.68. The lowest BCUT2D eigenvalue weighted by molar-refractivity contribution is -0.141. The molecule has 0 aromatic heterocycles. The Morgan fingerprint density at radius 3 is 2.41 bits per heavy atom. The van der Waals surface area contributed by atoms with Crippen LogP contribution in [0.1, 0.15) is 13.8 Å². The first-order valence-corrected chi connectivity index (χ1v) is 5.76. The zero-order valence-electron chi connectivity index (χ0n) is 10.6. The van der Waals surface area contributed by atoms with Crippen molar-refractivity contribution in [2.24, 2.45) is 0 Å². The summed E-state index contributed by atoms with van der Waals surface area (Å²) in [5.74, 6) is -0.402. The molecule has 17 heavy (non-hydrogen) atoms. The molecule has 1 saturated heterocycles. The standard InChI is InChI=1S/C11H20N2O4/c1-9(2)13(8-10(14)16-3)11(15)12-4-6-17-7-5-12/h9H,4-8H2,1-3H3. The van der Waals surface area contributed by atoms with Crippen LogP contribution in [-0.4, -0.2) is 67.8 Å². The first kappa shape index (κ1) is 13.8. The zero-order valence-corrected chi connectivity index (χ0v) is 10.6. The Balaban J connectivity index is 2.62. The van der Waals surface area contributed by atoms with Gasteiger partial charge in [-0.15, -0.1) is 0 Å². The summed E-state index contributed by atoms with van der Waals surface area (Å²) in [6.07, 6.45) is 0. The van der Waals surface area contributed by atoms with Crippen LogP contribution in [0.3, 0.4) is 0 Å². The predicted molar refractivity (Wildman–Crippen MR) is 61.6 cm³/mol. The molecule has 0 aromatic rings. The van der Waals surface area contributed by atoms with Gasteiger partial charge in [0.25, 0.3) is 0 Å². The van der Waals surface area contributed by atoms with Crippen molar-refractivity contribution in [1.29, 1.82) is 0 Å². The summed E-state index contributed by atoms with van der Waals surface area (Å²) in [4.78, 5) is 26.6. The number of amides is 2. The van der Waals surface area contributed by atoms with Crippen molar-refractivity contribution in [3.8, 4) is 0 Å². The normalized spacial score (nSPS) is 15.9. The van der Waals surface area contributed by atoms with Gasteiger partial charge in [0, 0.05) is 19.1 Å². The Labute approximate surface area is 101 Å². The van der Waals surface area contributed by atoms with Crippen molar-refractivity contribution in [1.82, 2.24) is 9.80 Å². The first-order chi connectivity index (χ1) is 8.06. The minimum atomic E-state index is -0.402. The van der Waals surface area contributed by atoms with E-state index in [0.29, 0.717) is 26.3 Å². The number of ether oxygens (including phenoxy) is 2. The van der Waals surface area contributed by atoms with E-state index in [1.807, 2.05) is 13.8 Å². The van der Waals surface area contributed by atoms with Gasteiger partial charge in [0.05, 0.1) is 20.3 Å². The second-order valence-electron chi connectivity index (χ2n) is 4.18. The summed E-state index contributed by atoms with van der Waals surface area (Å²) in [5.41, 5.74) is 0. The third-order valence-corrected chi connectivity index (χ3v) is 2.68. The molecule has 6 nitrogen and oxygen atoms in total. The molecule has 0 unspecified atom stereocenters. The van der Waals surface area contributed by atoms with Gasteiger partial charge in [-0.2, -0.15) is 0 Å². The van der Waals surface area contributed by atoms with Crippen molar-refractivity contribution in [2.75, 3.05) is 40.0 Å². The van der Waals surface area contributed by atoms with E-state index in [-0.39, 0.29) is 18.6 Å². The van der Waals surface area contributed by atoms with Crippen LogP contribution in [0.2, 0.25) is 0 Å². The summed E-state index contributed by atoms with van der Waals surface area (Å²) in [6, 6.07) is -0.168. The molecule has 0 atom stereocenters. The Morgan fingerprint density at radius 1 is 1.35 bits per heavy atom. The lowest BCUT2D eigenvalue weighted by atomic mass is 10.3. The van der Waals surface area contributed by atoms with Crippen LogP contribution in [0, 0.1) is 0 Å². The number of carbonyl (C=O) groups excluding carboxylic acids is 2. The Bertz CT molecular complexity index is 275. The molecule has 1 aliphatic rings. The molecule has 1 aliphatic heterocycles. The molecule has 0 saturated carbocycles. The van der Waals surface area contributed by atoms with E-state index >= 15 is 0 Å². The summed E-state index contributed by atoms with van der Waals surface area (Å²) in [7, 11) is 1.32. The average Bonchev–Trinajstić information content (AvgIpc) is 2.35. The summed E-state index contributed by atoms with van der Waals surface area (Å²) in [5, 5.41) is 0. The average molecular weight is 244 g/mol. The van der Waals surface area contributed by atoms with Gasteiger partial charge in [0.1, 0.15) is 6.54 Å². The second-order valence-corrected chi connectivity index (χ2v) is 4.18. The Hall–Kier alpha value is -1.30. The van der Waals surface area contributed by atoms with Gasteiger partial charge in [-0.25, -0.2) is 4.79 Å². The fourth-order valence-electron chi connectivity index (χ4n) is 1.61. The quantitative estimate of drug-likeness (QED) is 0.671. The number of rotatable bonds is 3. The summed E-state index contributed by atoms with van der Waals surface area (Å²) < 4.78 is 9.78. The molecule has 0 aromatic carbocycles. The van der Waals surface area contributed by atoms with Crippen LogP contribution in [0.5, 0.6) is 0 Å². The number of esters is 1. The molecule has 1 rings (SSSR count). The molecular weight excluding hydrogens is 224 g/mol. The molecular formula is C11H20N2O4. The number of hydrogen-bond donors (Lipinski definition) is 0. The van der Waals surface area contributed by atoms with Crippen LogP contribution < -0.4 is 0 Å². The summed E-state index contributed by atoms with van der Waals surface area (Å²) in [6.45, 7) is 5.99. The van der Waals surface area contributed by atoms with E-state index in [9.17, 15) is 9.59 Å². The zero-order chi connectivity index (χ0) is 12.8. The van der Waals surface area contributed by atoms with Crippen molar-refractivity contribution < 1.29 is 19.1 Å². The molecule has 1 heterocycles. The number of morpholine rings is 1. The highest BCUT2D eigenvalue weighted by molar-refractivity contribution is 5.81. The van der Waals surface area contributed by atoms with Crippen LogP contribution >= 0.6 is 0 Å². The second kappa shape index (κ2) is 6.44. The number of hydrogen-bond acceptors (Lipinski definition) is 4. The van der Waals surface area contributed by atoms with Gasteiger partial charge >= 0.3 is 12.0 Å². The fraction of sp³-hybridized carbons (Fsp3) is 0.818. The highest BCUT2D eigenvalue weighted by Gasteiger charge is 2.26. The largest absolute Gasteiger partial charge is 0.468 e. The van der Waals surface area contributed by atoms with Crippen LogP contribution in [-0.2, 0) is 14.3 Å². The van der Waals surface area contributed by atoms with E-state index in [1.54, 1.807) is 4.90 Å². The number of urea groups is 1. The van der Waals surface area contributed by atoms with Crippen molar-refractivity contribution >= 4 is 12.0 Å². The number of nitrogens with zero attached hydrogens (tertiary/aromatic N) is 2. The van der Waals surface area contributed by atoms with Gasteiger partial charge < -0.3 is 19.3 Å². The monoisotopic (exact) mass is 244 g/mol. The van der Waals surface area contributed by atoms with Gasteiger partial charge in [-0.3, -0.25) is 4.79 Å². The molecule has 0 N–H and O–H groups in total. The van der Waals surface area contributed by atoms with Crippen molar-refractivity contribution in [3.63, 3.8) is 0 Å². The Morgan fingerprint density at radius 2 is 1.94 bits per heavy atom. The maximum Gasteiger partial charge on any atom is 0.325 e. The Kier molecular flexibility index (Phi) is 5.21. The van der Waals surface area contributed by atoms with Crippen molar-refractivity contribution in [3.05, 3.63) is 0 Å². The minimum Gasteiger partial charge on any atom is -0.468 e. The molecule has 2 amide bonds. The van der Waals surface area contributed by atoms with E-state index in [0.717, 1.165) is 0 Å². The maximum atomic E-state index is 12.2. The minimum absolute atomic E-state index is 0.00957. The lowest BCUT2D eigenvalue weighted by Gasteiger charge is -2.34. The van der Waals surface area contributed by atoms with Gasteiger partial charge in [-0.1, -0.05) is 0 Å². The highest BCUT2D eigenvalue weighted by Crippen LogP contribution is 2.07. The molecule has 98 valence electrons. The maximum absolute atomic E-state index is 12.2. The van der Waals surface area contributed by atoms with Crippen LogP contribution in [0.4, 0.5) is 4.79 Å². The number of methoxy groups -OCH3 is 1. The SMILES string of the molecule is COC(=O)CN(C(=O)N1CCOCC1)C(C)C. The number of carbonyl (C=O) groups is 2. The van der Waals surface area contributed by atoms with E-state index < -0.39 is 5.97 Å². The van der Waals surface area contributed by atoms with Gasteiger partial charge in [-0.05, 0) is 13.8 Å². The van der Waals surface area contributed by atoms with Crippen LogP contribution in [0.25, 0.3) is 0 Å². The predicted octanol–water partition coefficient (Wildman–Crippen LogP) is 0.322. The molecule has 0 aliphatic carbocycles. The van der Waals surface area contributed by atoms with E-state index in [4.69, 9.17) is 4.74 Å². The van der Waals surface area contributed by atoms with E-state index in [2.05, 4.69) is 4.74 Å². The topological polar surface area (TPSA) is 59.1 Å². The molecule has 0 spiro atoms. The van der Waals surface area contributed by atoms with Gasteiger partial charge in [0.15, 0.2) is 0 Å². The fourth-order valence-corrected chi connectivity index (χ4v) is 1.61. The molecule has 1 fully saturated rings. The van der Waals surface area contributed by atoms with Crippen molar-refractivity contribution in [2.45, 2.75) is 19.9 Å². The third kappa shape index (κ3) is 3.89. The van der Waals surface area contributed by atoms with Crippen LogP contribution in [0.15, 0.2) is 0 Å². The molecule has 0 radical (unpaired) electrons. The van der Waals surface area contributed by atoms with Gasteiger partial charge in [0.2, 0.25) is 0 Å². The van der Waals surface area contributed by atoms with E-state index in [1.165, 1.54) is 12.0 Å². The molecule has 0 bridgehead atoms. The first-order valence-electron chi connectivity index (χ1n) is 5.76. The highest BCUT2D eigenvalue weighted by atomic mass is 16.5. The lowest BCUT2D eigenvalue weighted by Crippen LogP contribution is -2.51. The smallest absolute Gasteiger partial charge is 0.325 e. The summed E-state index contributed by atoms with van der Waals surface area (Å²) >= 11 is 0. The molecule has 6 heteroatoms.